The van der Waals surface area contributed by atoms with Crippen LogP contribution in [-0.4, -0.2) is 16.7 Å². The first-order valence-corrected chi connectivity index (χ1v) is 5.29. The van der Waals surface area contributed by atoms with Gasteiger partial charge in [0.15, 0.2) is 0 Å². The summed E-state index contributed by atoms with van der Waals surface area (Å²) in [6.07, 6.45) is 1.98. The molecule has 0 radical (unpaired) electrons. The van der Waals surface area contributed by atoms with Gasteiger partial charge in [-0.1, -0.05) is 0 Å². The molecule has 1 unspecified atom stereocenters. The second kappa shape index (κ2) is 2.99. The summed E-state index contributed by atoms with van der Waals surface area (Å²) in [6.45, 7) is 1.87. The summed E-state index contributed by atoms with van der Waals surface area (Å²) >= 11 is 1.62. The maximum absolute atomic E-state index is 11.5. The molecule has 0 spiro atoms. The number of fused-ring (bicyclic) bond motifs is 1. The minimum Gasteiger partial charge on any atom is -0.351 e. The highest BCUT2D eigenvalue weighted by atomic mass is 32.2. The van der Waals surface area contributed by atoms with E-state index in [1.54, 1.807) is 17.8 Å². The van der Waals surface area contributed by atoms with Crippen LogP contribution < -0.4 is 16.1 Å². The van der Waals surface area contributed by atoms with Crippen LogP contribution in [0.3, 0.4) is 0 Å². The summed E-state index contributed by atoms with van der Waals surface area (Å²) in [5.74, 6) is 0.796. The molecule has 70 valence electrons. The Kier molecular flexibility index (Phi) is 1.95. The zero-order chi connectivity index (χ0) is 9.42. The molecular weight excluding hydrogens is 186 g/mol. The van der Waals surface area contributed by atoms with E-state index in [2.05, 4.69) is 15.6 Å². The fourth-order valence-electron chi connectivity index (χ4n) is 1.36. The molecule has 0 saturated heterocycles. The molecule has 13 heavy (non-hydrogen) atoms. The number of aromatic nitrogens is 1. The normalized spacial score (nSPS) is 19.1. The third kappa shape index (κ3) is 1.39. The van der Waals surface area contributed by atoms with E-state index in [0.717, 1.165) is 11.5 Å². The Morgan fingerprint density at radius 2 is 2.23 bits per heavy atom. The summed E-state index contributed by atoms with van der Waals surface area (Å²) in [7, 11) is 0. The van der Waals surface area contributed by atoms with Crippen molar-refractivity contribution in [1.29, 1.82) is 0 Å². The van der Waals surface area contributed by atoms with Crippen molar-refractivity contribution in [3.63, 3.8) is 0 Å². The lowest BCUT2D eigenvalue weighted by molar-refractivity contribution is 1.17. The third-order valence-electron chi connectivity index (χ3n) is 1.95. The van der Waals surface area contributed by atoms with E-state index in [-0.39, 0.29) is 10.9 Å². The van der Waals surface area contributed by atoms with Crippen LogP contribution in [0.4, 0.5) is 11.5 Å². The number of pyridine rings is 1. The minimum absolute atomic E-state index is 0.0373. The van der Waals surface area contributed by atoms with Crippen LogP contribution in [0.2, 0.25) is 0 Å². The molecule has 1 aromatic rings. The Morgan fingerprint density at radius 1 is 1.46 bits per heavy atom. The zero-order valence-corrected chi connectivity index (χ0v) is 8.29. The van der Waals surface area contributed by atoms with E-state index in [4.69, 9.17) is 0 Å². The van der Waals surface area contributed by atoms with Crippen LogP contribution in [0.15, 0.2) is 10.9 Å². The average molecular weight is 197 g/mol. The van der Waals surface area contributed by atoms with Gasteiger partial charge in [0.1, 0.15) is 17.0 Å². The lowest BCUT2D eigenvalue weighted by Crippen LogP contribution is -2.17. The molecule has 0 bridgehead atoms. The molecular formula is C8H11N3OS. The van der Waals surface area contributed by atoms with Gasteiger partial charge in [-0.05, 0) is 13.2 Å². The molecule has 0 aliphatic carbocycles. The monoisotopic (exact) mass is 197 g/mol. The minimum atomic E-state index is 0.0373. The zero-order valence-electron chi connectivity index (χ0n) is 7.47. The lowest BCUT2D eigenvalue weighted by Gasteiger charge is -2.06. The highest BCUT2D eigenvalue weighted by Crippen LogP contribution is 2.26. The standard InChI is InChI=1S/C8H11N3OS/c1-4-3-5(12)6-7(9-4)11-8(10-6)13-2/h3,8,10H,1-2H3,(H2,9,11,12). The molecule has 0 saturated carbocycles. The SMILES string of the molecule is CSC1Nc2[nH]c(C)cc(=O)c2N1. The predicted octanol–water partition coefficient (Wildman–Crippen LogP) is 1.17. The van der Waals surface area contributed by atoms with Crippen molar-refractivity contribution in [3.05, 3.63) is 22.0 Å². The molecule has 0 aromatic carbocycles. The van der Waals surface area contributed by atoms with Gasteiger partial charge < -0.3 is 15.6 Å². The second-order valence-corrected chi connectivity index (χ2v) is 3.91. The molecule has 3 N–H and O–H groups in total. The largest absolute Gasteiger partial charge is 0.351 e. The van der Waals surface area contributed by atoms with Crippen molar-refractivity contribution < 1.29 is 0 Å². The van der Waals surface area contributed by atoms with Crippen LogP contribution in [0, 0.1) is 6.92 Å². The number of nitrogens with one attached hydrogen (secondary N) is 3. The Morgan fingerprint density at radius 3 is 2.92 bits per heavy atom. The number of aryl methyl sites for hydroxylation is 1. The molecule has 1 aliphatic rings. The number of aromatic amines is 1. The second-order valence-electron chi connectivity index (χ2n) is 2.97. The van der Waals surface area contributed by atoms with Crippen molar-refractivity contribution in [2.75, 3.05) is 16.9 Å². The summed E-state index contributed by atoms with van der Waals surface area (Å²) in [6, 6.07) is 1.59. The number of H-pyrrole nitrogens is 1. The smallest absolute Gasteiger partial charge is 0.207 e. The third-order valence-corrected chi connectivity index (χ3v) is 2.66. The van der Waals surface area contributed by atoms with Crippen molar-refractivity contribution in [2.24, 2.45) is 0 Å². The van der Waals surface area contributed by atoms with Gasteiger partial charge in [-0.3, -0.25) is 4.79 Å². The van der Waals surface area contributed by atoms with Crippen LogP contribution in [0.25, 0.3) is 0 Å². The van der Waals surface area contributed by atoms with Crippen LogP contribution in [0.1, 0.15) is 5.69 Å². The van der Waals surface area contributed by atoms with Gasteiger partial charge in [0.25, 0.3) is 0 Å². The number of rotatable bonds is 1. The Hall–Kier alpha value is -1.10. The molecule has 1 aromatic heterocycles. The molecule has 2 rings (SSSR count). The highest BCUT2D eigenvalue weighted by molar-refractivity contribution is 7.99. The predicted molar refractivity (Wildman–Crippen MR) is 56.3 cm³/mol. The van der Waals surface area contributed by atoms with Crippen LogP contribution in [-0.2, 0) is 0 Å². The highest BCUT2D eigenvalue weighted by Gasteiger charge is 2.21. The van der Waals surface area contributed by atoms with Gasteiger partial charge in [-0.25, -0.2) is 0 Å². The first-order chi connectivity index (χ1) is 6.20. The van der Waals surface area contributed by atoms with Gasteiger partial charge in [-0.2, -0.15) is 0 Å². The van der Waals surface area contributed by atoms with Gasteiger partial charge in [0.05, 0.1) is 0 Å². The molecule has 1 aliphatic heterocycles. The summed E-state index contributed by atoms with van der Waals surface area (Å²) in [5, 5.41) is 6.25. The Balaban J connectivity index is 2.46. The molecule has 1 atom stereocenters. The van der Waals surface area contributed by atoms with E-state index >= 15 is 0 Å². The van der Waals surface area contributed by atoms with Gasteiger partial charge in [0.2, 0.25) is 5.43 Å². The van der Waals surface area contributed by atoms with Crippen molar-refractivity contribution >= 4 is 23.3 Å². The van der Waals surface area contributed by atoms with Crippen LogP contribution >= 0.6 is 11.8 Å². The number of thioether (sulfide) groups is 1. The number of hydrogen-bond acceptors (Lipinski definition) is 4. The fraction of sp³-hybridized carbons (Fsp3) is 0.375. The summed E-state index contributed by atoms with van der Waals surface area (Å²) in [5.41, 5.74) is 1.65. The van der Waals surface area contributed by atoms with Crippen molar-refractivity contribution in [2.45, 2.75) is 12.4 Å². The van der Waals surface area contributed by atoms with E-state index in [1.165, 1.54) is 0 Å². The van der Waals surface area contributed by atoms with Crippen LogP contribution in [0.5, 0.6) is 0 Å². The Bertz CT molecular complexity index is 387. The van der Waals surface area contributed by atoms with E-state index in [9.17, 15) is 4.79 Å². The maximum Gasteiger partial charge on any atom is 0.207 e. The molecule has 5 heteroatoms. The molecule has 0 fully saturated rings. The average Bonchev–Trinajstić information content (AvgIpc) is 2.47. The van der Waals surface area contributed by atoms with Gasteiger partial charge in [0, 0.05) is 11.8 Å². The maximum atomic E-state index is 11.5. The van der Waals surface area contributed by atoms with E-state index in [1.807, 2.05) is 13.2 Å². The topological polar surface area (TPSA) is 56.9 Å². The van der Waals surface area contributed by atoms with Gasteiger partial charge in [-0.15, -0.1) is 11.8 Å². The lowest BCUT2D eigenvalue weighted by atomic mass is 10.3. The van der Waals surface area contributed by atoms with Gasteiger partial charge >= 0.3 is 0 Å². The molecule has 2 heterocycles. The van der Waals surface area contributed by atoms with E-state index < -0.39 is 0 Å². The summed E-state index contributed by atoms with van der Waals surface area (Å²) in [4.78, 5) is 14.6. The first-order valence-electron chi connectivity index (χ1n) is 4.00. The molecule has 4 nitrogen and oxygen atoms in total. The molecule has 0 amide bonds. The summed E-state index contributed by atoms with van der Waals surface area (Å²) < 4.78 is 0. The van der Waals surface area contributed by atoms with Crippen molar-refractivity contribution in [1.82, 2.24) is 4.98 Å². The Labute approximate surface area is 80.1 Å². The van der Waals surface area contributed by atoms with E-state index in [0.29, 0.717) is 5.69 Å². The fourth-order valence-corrected chi connectivity index (χ4v) is 1.83. The quantitative estimate of drug-likeness (QED) is 0.632. The number of hydrogen-bond donors (Lipinski definition) is 3. The first kappa shape index (κ1) is 8.50. The van der Waals surface area contributed by atoms with Crippen molar-refractivity contribution in [3.8, 4) is 0 Å². The number of anilines is 2.